The molecule has 0 saturated heterocycles. The molecule has 1 aromatic rings. The van der Waals surface area contributed by atoms with E-state index in [1.165, 1.54) is 4.88 Å². The first kappa shape index (κ1) is 16.3. The van der Waals surface area contributed by atoms with Crippen LogP contribution in [0.4, 0.5) is 4.79 Å². The van der Waals surface area contributed by atoms with Gasteiger partial charge in [0.15, 0.2) is 0 Å². The molecule has 0 aliphatic heterocycles. The Morgan fingerprint density at radius 2 is 2.10 bits per heavy atom. The lowest BCUT2D eigenvalue weighted by atomic mass is 9.86. The van der Waals surface area contributed by atoms with Crippen LogP contribution in [0.25, 0.3) is 0 Å². The normalized spacial score (nSPS) is 22.8. The molecule has 5 heteroatoms. The minimum atomic E-state index is -0.0768. The van der Waals surface area contributed by atoms with Crippen molar-refractivity contribution >= 4 is 17.4 Å². The van der Waals surface area contributed by atoms with E-state index >= 15 is 0 Å². The van der Waals surface area contributed by atoms with Crippen molar-refractivity contribution in [2.75, 3.05) is 13.2 Å². The molecule has 0 aromatic carbocycles. The van der Waals surface area contributed by atoms with E-state index in [0.29, 0.717) is 12.5 Å². The van der Waals surface area contributed by atoms with Crippen LogP contribution in [-0.2, 0) is 5.41 Å². The first-order valence-electron chi connectivity index (χ1n) is 7.70. The predicted molar refractivity (Wildman–Crippen MR) is 86.7 cm³/mol. The second-order valence-corrected chi connectivity index (χ2v) is 7.54. The molecule has 1 heterocycles. The van der Waals surface area contributed by atoms with Gasteiger partial charge >= 0.3 is 6.03 Å². The zero-order valence-electron chi connectivity index (χ0n) is 12.9. The minimum absolute atomic E-state index is 0.0416. The van der Waals surface area contributed by atoms with Crippen LogP contribution >= 0.6 is 11.3 Å². The molecular weight excluding hydrogens is 284 g/mol. The average molecular weight is 310 g/mol. The SMILES string of the molecule is CC(C)(CNC(=O)NC1CCC(CO)CC1)c1cccs1. The van der Waals surface area contributed by atoms with E-state index in [4.69, 9.17) is 5.11 Å². The van der Waals surface area contributed by atoms with E-state index in [1.807, 2.05) is 6.07 Å². The van der Waals surface area contributed by atoms with Crippen LogP contribution in [0.3, 0.4) is 0 Å². The van der Waals surface area contributed by atoms with E-state index in [2.05, 4.69) is 35.9 Å². The number of amides is 2. The Bertz CT molecular complexity index is 437. The third-order valence-electron chi connectivity index (χ3n) is 4.32. The minimum Gasteiger partial charge on any atom is -0.396 e. The summed E-state index contributed by atoms with van der Waals surface area (Å²) in [5.74, 6) is 0.420. The lowest BCUT2D eigenvalue weighted by Gasteiger charge is -2.29. The van der Waals surface area contributed by atoms with Crippen LogP contribution in [0.2, 0.25) is 0 Å². The van der Waals surface area contributed by atoms with Crippen molar-refractivity contribution in [3.63, 3.8) is 0 Å². The maximum Gasteiger partial charge on any atom is 0.315 e. The summed E-state index contributed by atoms with van der Waals surface area (Å²) in [5.41, 5.74) is -0.0416. The second kappa shape index (κ2) is 7.27. The summed E-state index contributed by atoms with van der Waals surface area (Å²) in [6.45, 7) is 5.19. The van der Waals surface area contributed by atoms with E-state index in [1.54, 1.807) is 11.3 Å². The Balaban J connectivity index is 1.73. The molecule has 4 nitrogen and oxygen atoms in total. The number of carbonyl (C=O) groups excluding carboxylic acids is 1. The maximum absolute atomic E-state index is 12.0. The van der Waals surface area contributed by atoms with Gasteiger partial charge in [-0.3, -0.25) is 0 Å². The quantitative estimate of drug-likeness (QED) is 0.783. The monoisotopic (exact) mass is 310 g/mol. The van der Waals surface area contributed by atoms with Gasteiger partial charge < -0.3 is 15.7 Å². The van der Waals surface area contributed by atoms with E-state index in [9.17, 15) is 4.79 Å². The number of aliphatic hydroxyl groups excluding tert-OH is 1. The molecule has 118 valence electrons. The zero-order chi connectivity index (χ0) is 15.3. The van der Waals surface area contributed by atoms with Gasteiger partial charge in [-0.25, -0.2) is 4.79 Å². The first-order valence-corrected chi connectivity index (χ1v) is 8.58. The molecule has 1 aliphatic rings. The van der Waals surface area contributed by atoms with Crippen molar-refractivity contribution in [1.82, 2.24) is 10.6 Å². The Hall–Kier alpha value is -1.07. The Morgan fingerprint density at radius 3 is 2.67 bits per heavy atom. The van der Waals surface area contributed by atoms with Crippen molar-refractivity contribution in [3.8, 4) is 0 Å². The molecule has 2 amide bonds. The molecule has 1 fully saturated rings. The summed E-state index contributed by atoms with van der Waals surface area (Å²) in [6, 6.07) is 4.33. The number of hydrogen-bond donors (Lipinski definition) is 3. The van der Waals surface area contributed by atoms with Gasteiger partial charge in [-0.05, 0) is 43.0 Å². The van der Waals surface area contributed by atoms with Crippen LogP contribution in [0.15, 0.2) is 17.5 Å². The van der Waals surface area contributed by atoms with Crippen LogP contribution < -0.4 is 10.6 Å². The molecule has 0 unspecified atom stereocenters. The van der Waals surface area contributed by atoms with Crippen molar-refractivity contribution in [2.24, 2.45) is 5.92 Å². The van der Waals surface area contributed by atoms with Gasteiger partial charge in [0.05, 0.1) is 0 Å². The highest BCUT2D eigenvalue weighted by Crippen LogP contribution is 2.27. The highest BCUT2D eigenvalue weighted by molar-refractivity contribution is 7.10. The molecule has 1 aliphatic carbocycles. The summed E-state index contributed by atoms with van der Waals surface area (Å²) < 4.78 is 0. The molecule has 0 spiro atoms. The smallest absolute Gasteiger partial charge is 0.315 e. The predicted octanol–water partition coefficient (Wildman–Crippen LogP) is 2.88. The zero-order valence-corrected chi connectivity index (χ0v) is 13.7. The average Bonchev–Trinajstić information content (AvgIpc) is 3.01. The summed E-state index contributed by atoms with van der Waals surface area (Å²) >= 11 is 1.72. The molecule has 0 bridgehead atoms. The first-order chi connectivity index (χ1) is 10.0. The second-order valence-electron chi connectivity index (χ2n) is 6.59. The van der Waals surface area contributed by atoms with Gasteiger partial charge in [-0.1, -0.05) is 19.9 Å². The van der Waals surface area contributed by atoms with Crippen LogP contribution in [0, 0.1) is 5.92 Å². The van der Waals surface area contributed by atoms with Gasteiger partial charge in [0, 0.05) is 29.5 Å². The highest BCUT2D eigenvalue weighted by atomic mass is 32.1. The topological polar surface area (TPSA) is 61.4 Å². The number of nitrogens with one attached hydrogen (secondary N) is 2. The fourth-order valence-electron chi connectivity index (χ4n) is 2.78. The van der Waals surface area contributed by atoms with Crippen molar-refractivity contribution in [2.45, 2.75) is 51.0 Å². The van der Waals surface area contributed by atoms with Crippen molar-refractivity contribution < 1.29 is 9.90 Å². The molecule has 1 aromatic heterocycles. The van der Waals surface area contributed by atoms with Gasteiger partial charge in [-0.2, -0.15) is 0 Å². The molecule has 21 heavy (non-hydrogen) atoms. The number of carbonyl (C=O) groups is 1. The largest absolute Gasteiger partial charge is 0.396 e. The maximum atomic E-state index is 12.0. The van der Waals surface area contributed by atoms with Crippen molar-refractivity contribution in [1.29, 1.82) is 0 Å². The van der Waals surface area contributed by atoms with Gasteiger partial charge in [-0.15, -0.1) is 11.3 Å². The number of rotatable bonds is 5. The Morgan fingerprint density at radius 1 is 1.38 bits per heavy atom. The lowest BCUT2D eigenvalue weighted by Crippen LogP contribution is -2.47. The number of thiophene rings is 1. The number of hydrogen-bond acceptors (Lipinski definition) is 3. The third-order valence-corrected chi connectivity index (χ3v) is 5.56. The fourth-order valence-corrected chi connectivity index (χ4v) is 3.63. The molecule has 0 atom stereocenters. The summed E-state index contributed by atoms with van der Waals surface area (Å²) in [5, 5.41) is 17.2. The number of urea groups is 1. The fraction of sp³-hybridized carbons (Fsp3) is 0.688. The highest BCUT2D eigenvalue weighted by Gasteiger charge is 2.24. The van der Waals surface area contributed by atoms with Gasteiger partial charge in [0.1, 0.15) is 0 Å². The van der Waals surface area contributed by atoms with Gasteiger partial charge in [0.2, 0.25) is 0 Å². The molecule has 1 saturated carbocycles. The Labute approximate surface area is 131 Å². The van der Waals surface area contributed by atoms with Crippen LogP contribution in [-0.4, -0.2) is 30.3 Å². The van der Waals surface area contributed by atoms with E-state index < -0.39 is 0 Å². The standard InChI is InChI=1S/C16H26N2O2S/c1-16(2,14-4-3-9-21-14)11-17-15(20)18-13-7-5-12(10-19)6-8-13/h3-4,9,12-13,19H,5-8,10-11H2,1-2H3,(H2,17,18,20). The summed E-state index contributed by atoms with van der Waals surface area (Å²) in [7, 11) is 0. The van der Waals surface area contributed by atoms with Gasteiger partial charge in [0.25, 0.3) is 0 Å². The molecule has 3 N–H and O–H groups in total. The Kier molecular flexibility index (Phi) is 5.65. The third kappa shape index (κ3) is 4.71. The van der Waals surface area contributed by atoms with Crippen molar-refractivity contribution in [3.05, 3.63) is 22.4 Å². The van der Waals surface area contributed by atoms with Crippen LogP contribution in [0.1, 0.15) is 44.4 Å². The molecule has 2 rings (SSSR count). The summed E-state index contributed by atoms with van der Waals surface area (Å²) in [6.07, 6.45) is 3.93. The molecular formula is C16H26N2O2S. The molecule has 0 radical (unpaired) electrons. The van der Waals surface area contributed by atoms with Crippen LogP contribution in [0.5, 0.6) is 0 Å². The van der Waals surface area contributed by atoms with E-state index in [-0.39, 0.29) is 24.1 Å². The number of aliphatic hydroxyl groups is 1. The lowest BCUT2D eigenvalue weighted by molar-refractivity contribution is 0.174. The summed E-state index contributed by atoms with van der Waals surface area (Å²) in [4.78, 5) is 13.3. The van der Waals surface area contributed by atoms with E-state index in [0.717, 1.165) is 25.7 Å².